The first-order valence-corrected chi connectivity index (χ1v) is 13.7. The molecule has 2 amide bonds. The van der Waals surface area contributed by atoms with Crippen molar-refractivity contribution in [3.05, 3.63) is 64.7 Å². The lowest BCUT2D eigenvalue weighted by atomic mass is 10.1. The molecule has 0 saturated carbocycles. The number of phosphoric acid groups is 1. The number of hydrazine groups is 1. The van der Waals surface area contributed by atoms with E-state index in [1.165, 1.54) is 14.2 Å². The van der Waals surface area contributed by atoms with Crippen molar-refractivity contribution in [1.29, 1.82) is 0 Å². The minimum atomic E-state index is -3.77. The number of amides is 2. The highest BCUT2D eigenvalue weighted by Crippen LogP contribution is 2.49. The molecule has 0 bridgehead atoms. The highest BCUT2D eigenvalue weighted by Gasteiger charge is 2.37. The summed E-state index contributed by atoms with van der Waals surface area (Å²) in [6, 6.07) is 14.2. The van der Waals surface area contributed by atoms with Crippen LogP contribution in [-0.4, -0.2) is 48.5 Å². The van der Waals surface area contributed by atoms with Gasteiger partial charge in [-0.2, -0.15) is 0 Å². The molecule has 1 heterocycles. The predicted octanol–water partition coefficient (Wildman–Crippen LogP) is 5.11. The van der Waals surface area contributed by atoms with Crippen molar-refractivity contribution < 1.29 is 37.2 Å². The number of rotatable bonds is 13. The van der Waals surface area contributed by atoms with Crippen molar-refractivity contribution in [3.63, 3.8) is 0 Å². The summed E-state index contributed by atoms with van der Waals surface area (Å²) in [6.07, 6.45) is -0.795. The molecule has 196 valence electrons. The summed E-state index contributed by atoms with van der Waals surface area (Å²) < 4.78 is 39.7. The Labute approximate surface area is 218 Å². The first-order chi connectivity index (χ1) is 17.2. The van der Waals surface area contributed by atoms with Gasteiger partial charge in [0, 0.05) is 19.2 Å². The van der Waals surface area contributed by atoms with Gasteiger partial charge in [0.2, 0.25) is 0 Å². The van der Waals surface area contributed by atoms with Gasteiger partial charge in [-0.3, -0.25) is 23.2 Å². The van der Waals surface area contributed by atoms with Gasteiger partial charge in [-0.15, -0.1) is 0 Å². The fourth-order valence-corrected chi connectivity index (χ4v) is 5.26. The number of benzene rings is 2. The number of ether oxygens (including phenoxy) is 2. The Morgan fingerprint density at radius 2 is 1.83 bits per heavy atom. The molecule has 2 N–H and O–H groups in total. The molecule has 3 rings (SSSR count). The molecule has 2 aromatic carbocycles. The predicted molar refractivity (Wildman–Crippen MR) is 136 cm³/mol. The summed E-state index contributed by atoms with van der Waals surface area (Å²) in [5.41, 5.74) is 1.59. The van der Waals surface area contributed by atoms with Gasteiger partial charge < -0.3 is 9.47 Å². The van der Waals surface area contributed by atoms with E-state index in [1.54, 1.807) is 37.3 Å². The van der Waals surface area contributed by atoms with Crippen molar-refractivity contribution in [2.24, 2.45) is 5.84 Å². The van der Waals surface area contributed by atoms with Crippen molar-refractivity contribution in [1.82, 2.24) is 5.01 Å². The number of halogens is 1. The molecule has 13 heteroatoms. The number of hydrogen-bond donors (Lipinski definition) is 1. The summed E-state index contributed by atoms with van der Waals surface area (Å²) >= 11 is 7.09. The number of thioether (sulfide) groups is 1. The SMILES string of the molecule is CCC(OC(COc1ccc(CC2SC(=O)N(N)C2=O)cc1)c1cccc(Cl)c1)OP(=O)(OC)OC. The topological polar surface area (TPSA) is 127 Å². The maximum Gasteiger partial charge on any atom is 0.476 e. The Morgan fingerprint density at radius 1 is 1.14 bits per heavy atom. The van der Waals surface area contributed by atoms with Gasteiger partial charge in [0.1, 0.15) is 18.5 Å². The van der Waals surface area contributed by atoms with E-state index in [2.05, 4.69) is 0 Å². The molecule has 3 atom stereocenters. The van der Waals surface area contributed by atoms with Gasteiger partial charge in [-0.25, -0.2) is 15.4 Å². The van der Waals surface area contributed by atoms with E-state index in [1.807, 2.05) is 18.2 Å². The number of carbonyl (C=O) groups is 2. The molecule has 3 unspecified atom stereocenters. The summed E-state index contributed by atoms with van der Waals surface area (Å²) in [7, 11) is -1.32. The largest absolute Gasteiger partial charge is 0.491 e. The average Bonchev–Trinajstić information content (AvgIpc) is 3.12. The second-order valence-electron chi connectivity index (χ2n) is 7.68. The fraction of sp³-hybridized carbons (Fsp3) is 0.391. The Kier molecular flexibility index (Phi) is 10.4. The van der Waals surface area contributed by atoms with Crippen LogP contribution < -0.4 is 10.6 Å². The molecule has 2 aromatic rings. The molecule has 10 nitrogen and oxygen atoms in total. The zero-order valence-electron chi connectivity index (χ0n) is 20.0. The van der Waals surface area contributed by atoms with Crippen LogP contribution in [0.25, 0.3) is 0 Å². The Morgan fingerprint density at radius 3 is 2.39 bits per heavy atom. The van der Waals surface area contributed by atoms with Crippen LogP contribution in [0.2, 0.25) is 5.02 Å². The lowest BCUT2D eigenvalue weighted by Crippen LogP contribution is -2.37. The number of nitrogens with zero attached hydrogens (tertiary/aromatic N) is 1. The Balaban J connectivity index is 1.68. The third-order valence-electron chi connectivity index (χ3n) is 5.26. The van der Waals surface area contributed by atoms with E-state index >= 15 is 0 Å². The van der Waals surface area contributed by atoms with Crippen molar-refractivity contribution in [2.45, 2.75) is 37.4 Å². The quantitative estimate of drug-likeness (QED) is 0.153. The van der Waals surface area contributed by atoms with Crippen molar-refractivity contribution >= 4 is 42.3 Å². The number of phosphoric ester groups is 1. The maximum atomic E-state index is 12.4. The van der Waals surface area contributed by atoms with E-state index in [9.17, 15) is 14.2 Å². The summed E-state index contributed by atoms with van der Waals surface area (Å²) in [4.78, 5) is 23.6. The zero-order chi connectivity index (χ0) is 26.3. The Hall–Kier alpha value is -1.95. The van der Waals surface area contributed by atoms with Crippen LogP contribution in [0.15, 0.2) is 48.5 Å². The molecule has 1 aliphatic rings. The molecule has 1 aliphatic heterocycles. The standard InChI is InChI=1S/C23H28ClN2O8PS/c1-4-21(34-35(29,30-2)31-3)33-19(16-6-5-7-17(24)13-16)14-32-18-10-8-15(9-11-18)12-20-22(27)26(25)23(28)36-20/h5-11,13,19-21H,4,12,14,25H2,1-3H3. The van der Waals surface area contributed by atoms with Crippen LogP contribution in [0, 0.1) is 0 Å². The van der Waals surface area contributed by atoms with E-state index in [0.29, 0.717) is 28.6 Å². The normalized spacial score (nSPS) is 17.9. The smallest absolute Gasteiger partial charge is 0.476 e. The summed E-state index contributed by atoms with van der Waals surface area (Å²) in [5, 5.41) is 0.163. The minimum absolute atomic E-state index is 0.0947. The molecule has 1 saturated heterocycles. The second-order valence-corrected chi connectivity index (χ2v) is 11.1. The molecule has 1 fully saturated rings. The number of imide groups is 1. The molecule has 0 aliphatic carbocycles. The molecular weight excluding hydrogens is 531 g/mol. The Bertz CT molecular complexity index is 1100. The summed E-state index contributed by atoms with van der Waals surface area (Å²) in [6.45, 7) is 1.90. The first-order valence-electron chi connectivity index (χ1n) is 11.0. The van der Waals surface area contributed by atoms with E-state index in [-0.39, 0.29) is 6.61 Å². The monoisotopic (exact) mass is 558 g/mol. The molecule has 0 aromatic heterocycles. The van der Waals surface area contributed by atoms with E-state index < -0.39 is 36.6 Å². The van der Waals surface area contributed by atoms with E-state index in [0.717, 1.165) is 22.9 Å². The number of nitrogens with two attached hydrogens (primary N) is 1. The van der Waals surface area contributed by atoms with Gasteiger partial charge in [0.05, 0.1) is 5.25 Å². The van der Waals surface area contributed by atoms with Gasteiger partial charge in [-0.1, -0.05) is 42.8 Å². The van der Waals surface area contributed by atoms with Crippen LogP contribution >= 0.6 is 31.2 Å². The lowest BCUT2D eigenvalue weighted by Gasteiger charge is -2.26. The van der Waals surface area contributed by atoms with Gasteiger partial charge in [-0.05, 0) is 60.0 Å². The van der Waals surface area contributed by atoms with Crippen molar-refractivity contribution in [3.8, 4) is 5.75 Å². The molecule has 0 spiro atoms. The first kappa shape index (κ1) is 28.6. The molecule has 36 heavy (non-hydrogen) atoms. The number of carbonyl (C=O) groups excluding carboxylic acids is 2. The number of hydrogen-bond acceptors (Lipinski definition) is 10. The van der Waals surface area contributed by atoms with Crippen LogP contribution in [0.4, 0.5) is 4.79 Å². The van der Waals surface area contributed by atoms with Crippen molar-refractivity contribution in [2.75, 3.05) is 20.8 Å². The molecule has 0 radical (unpaired) electrons. The maximum absolute atomic E-state index is 12.4. The highest BCUT2D eigenvalue weighted by atomic mass is 35.5. The highest BCUT2D eigenvalue weighted by molar-refractivity contribution is 8.15. The minimum Gasteiger partial charge on any atom is -0.491 e. The third kappa shape index (κ3) is 7.53. The van der Waals surface area contributed by atoms with Crippen LogP contribution in [0.1, 0.15) is 30.6 Å². The molecular formula is C23H28ClN2O8PS. The second kappa shape index (κ2) is 13.0. The zero-order valence-corrected chi connectivity index (χ0v) is 22.5. The fourth-order valence-electron chi connectivity index (χ4n) is 3.32. The van der Waals surface area contributed by atoms with Crippen LogP contribution in [0.3, 0.4) is 0 Å². The van der Waals surface area contributed by atoms with Gasteiger partial charge >= 0.3 is 13.1 Å². The third-order valence-corrected chi connectivity index (χ3v) is 7.94. The van der Waals surface area contributed by atoms with E-state index in [4.69, 9.17) is 40.5 Å². The van der Waals surface area contributed by atoms with Crippen LogP contribution in [-0.2, 0) is 34.1 Å². The summed E-state index contributed by atoms with van der Waals surface area (Å²) in [5.74, 6) is 5.59. The lowest BCUT2D eigenvalue weighted by molar-refractivity contribution is -0.142. The van der Waals surface area contributed by atoms with Crippen LogP contribution in [0.5, 0.6) is 5.75 Å². The van der Waals surface area contributed by atoms with Gasteiger partial charge in [0.25, 0.3) is 5.91 Å². The van der Waals surface area contributed by atoms with Gasteiger partial charge in [0.15, 0.2) is 6.29 Å². The average molecular weight is 559 g/mol.